The van der Waals surface area contributed by atoms with E-state index in [9.17, 15) is 14.4 Å². The second kappa shape index (κ2) is 6.36. The molecule has 0 radical (unpaired) electrons. The lowest BCUT2D eigenvalue weighted by Gasteiger charge is -2.36. The molecule has 1 saturated carbocycles. The van der Waals surface area contributed by atoms with Gasteiger partial charge in [-0.15, -0.1) is 0 Å². The van der Waals surface area contributed by atoms with Crippen LogP contribution in [0.4, 0.5) is 0 Å². The van der Waals surface area contributed by atoms with Crippen molar-refractivity contribution in [1.29, 1.82) is 0 Å². The molecule has 3 amide bonds. The molecule has 24 heavy (non-hydrogen) atoms. The molecule has 3 rings (SSSR count). The number of hydrogen-bond donors (Lipinski definition) is 1. The van der Waals surface area contributed by atoms with E-state index in [0.717, 1.165) is 12.8 Å². The predicted molar refractivity (Wildman–Crippen MR) is 87.6 cm³/mol. The van der Waals surface area contributed by atoms with E-state index < -0.39 is 5.54 Å². The average molecular weight is 330 g/mol. The quantitative estimate of drug-likeness (QED) is 0.835. The first-order chi connectivity index (χ1) is 11.5. The van der Waals surface area contributed by atoms with E-state index in [1.165, 1.54) is 4.90 Å². The number of imide groups is 1. The van der Waals surface area contributed by atoms with Crippen molar-refractivity contribution >= 4 is 17.7 Å². The normalized spacial score (nSPS) is 20.2. The van der Waals surface area contributed by atoms with Crippen LogP contribution in [0.1, 0.15) is 53.3 Å². The Morgan fingerprint density at radius 3 is 2.25 bits per heavy atom. The zero-order chi connectivity index (χ0) is 17.3. The van der Waals surface area contributed by atoms with E-state index >= 15 is 0 Å². The summed E-state index contributed by atoms with van der Waals surface area (Å²) in [6, 6.07) is 6.56. The summed E-state index contributed by atoms with van der Waals surface area (Å²) in [5, 5.41) is 2.90. The molecule has 1 fully saturated rings. The Labute approximate surface area is 141 Å². The predicted octanol–water partition coefficient (Wildman–Crippen LogP) is 1.75. The highest BCUT2D eigenvalue weighted by Crippen LogP contribution is 2.40. The summed E-state index contributed by atoms with van der Waals surface area (Å²) in [5.74, 6) is -1.00. The number of ether oxygens (including phenoxy) is 1. The van der Waals surface area contributed by atoms with Crippen molar-refractivity contribution in [3.8, 4) is 0 Å². The Balaban J connectivity index is 1.93. The summed E-state index contributed by atoms with van der Waals surface area (Å²) in [7, 11) is 1.57. The molecular weight excluding hydrogens is 308 g/mol. The van der Waals surface area contributed by atoms with Gasteiger partial charge in [0.1, 0.15) is 5.54 Å². The van der Waals surface area contributed by atoms with Gasteiger partial charge in [0.2, 0.25) is 5.91 Å². The van der Waals surface area contributed by atoms with Gasteiger partial charge in [0.25, 0.3) is 11.8 Å². The van der Waals surface area contributed by atoms with Gasteiger partial charge in [-0.1, -0.05) is 25.0 Å². The third kappa shape index (κ3) is 2.51. The highest BCUT2D eigenvalue weighted by molar-refractivity contribution is 6.23. The van der Waals surface area contributed by atoms with E-state index in [-0.39, 0.29) is 23.8 Å². The molecule has 1 N–H and O–H groups in total. The van der Waals surface area contributed by atoms with E-state index in [4.69, 9.17) is 4.74 Å². The first-order valence-electron chi connectivity index (χ1n) is 8.29. The number of benzene rings is 1. The molecule has 2 aliphatic rings. The number of rotatable bonds is 5. The second-order valence-electron chi connectivity index (χ2n) is 6.56. The van der Waals surface area contributed by atoms with Gasteiger partial charge in [0, 0.05) is 13.2 Å². The monoisotopic (exact) mass is 330 g/mol. The molecule has 128 valence electrons. The van der Waals surface area contributed by atoms with Crippen LogP contribution in [0.15, 0.2) is 24.3 Å². The molecule has 1 heterocycles. The Morgan fingerprint density at radius 1 is 1.21 bits per heavy atom. The Bertz CT molecular complexity index is 644. The summed E-state index contributed by atoms with van der Waals surface area (Å²) in [4.78, 5) is 39.8. The zero-order valence-corrected chi connectivity index (χ0v) is 14.0. The van der Waals surface area contributed by atoms with E-state index in [0.29, 0.717) is 30.6 Å². The van der Waals surface area contributed by atoms with Gasteiger partial charge in [0.15, 0.2) is 0 Å². The fourth-order valence-electron chi connectivity index (χ4n) is 3.74. The van der Waals surface area contributed by atoms with Gasteiger partial charge >= 0.3 is 0 Å². The van der Waals surface area contributed by atoms with Crippen molar-refractivity contribution in [2.24, 2.45) is 0 Å². The van der Waals surface area contributed by atoms with Crippen molar-refractivity contribution < 1.29 is 19.1 Å². The third-order valence-electron chi connectivity index (χ3n) is 4.87. The molecular formula is C18H22N2O4. The minimum Gasteiger partial charge on any atom is -0.383 e. The maximum atomic E-state index is 13.0. The fraction of sp³-hybridized carbons (Fsp3) is 0.500. The number of hydrogen-bond acceptors (Lipinski definition) is 4. The molecule has 6 nitrogen and oxygen atoms in total. The van der Waals surface area contributed by atoms with Gasteiger partial charge in [0.05, 0.1) is 17.7 Å². The smallest absolute Gasteiger partial charge is 0.262 e. The second-order valence-corrected chi connectivity index (χ2v) is 6.56. The van der Waals surface area contributed by atoms with Gasteiger partial charge in [-0.25, -0.2) is 0 Å². The summed E-state index contributed by atoms with van der Waals surface area (Å²) >= 11 is 0. The van der Waals surface area contributed by atoms with Gasteiger partial charge in [-0.2, -0.15) is 0 Å². The standard InChI is InChI=1S/C18H22N2O4/c1-12(11-24-2)19-17(23)18(9-5-6-10-18)20-15(21)13-7-3-4-8-14(13)16(20)22/h3-4,7-8,12H,5-6,9-11H2,1-2H3,(H,19,23). The lowest BCUT2D eigenvalue weighted by Crippen LogP contribution is -2.60. The molecule has 1 unspecified atom stereocenters. The zero-order valence-electron chi connectivity index (χ0n) is 14.0. The first-order valence-corrected chi connectivity index (χ1v) is 8.29. The molecule has 0 aromatic heterocycles. The summed E-state index contributed by atoms with van der Waals surface area (Å²) in [6.45, 7) is 2.22. The van der Waals surface area contributed by atoms with Gasteiger partial charge in [-0.3, -0.25) is 19.3 Å². The maximum absolute atomic E-state index is 13.0. The Morgan fingerprint density at radius 2 is 1.75 bits per heavy atom. The maximum Gasteiger partial charge on any atom is 0.262 e. The highest BCUT2D eigenvalue weighted by Gasteiger charge is 2.54. The van der Waals surface area contributed by atoms with Crippen molar-refractivity contribution in [2.75, 3.05) is 13.7 Å². The molecule has 0 spiro atoms. The van der Waals surface area contributed by atoms with Crippen LogP contribution in [-0.4, -0.2) is 47.9 Å². The molecule has 1 aliphatic carbocycles. The van der Waals surface area contributed by atoms with Gasteiger partial charge < -0.3 is 10.1 Å². The highest BCUT2D eigenvalue weighted by atomic mass is 16.5. The minimum absolute atomic E-state index is 0.185. The first kappa shape index (κ1) is 16.6. The number of nitrogens with zero attached hydrogens (tertiary/aromatic N) is 1. The molecule has 1 aliphatic heterocycles. The van der Waals surface area contributed by atoms with Crippen LogP contribution in [0.2, 0.25) is 0 Å². The van der Waals surface area contributed by atoms with E-state index in [1.807, 2.05) is 6.92 Å². The average Bonchev–Trinajstić information content (AvgIpc) is 3.13. The van der Waals surface area contributed by atoms with Crippen molar-refractivity contribution in [3.63, 3.8) is 0 Å². The summed E-state index contributed by atoms with van der Waals surface area (Å²) < 4.78 is 5.06. The number of carbonyl (C=O) groups is 3. The molecule has 6 heteroatoms. The molecule has 0 saturated heterocycles. The van der Waals surface area contributed by atoms with Crippen molar-refractivity contribution in [3.05, 3.63) is 35.4 Å². The van der Waals surface area contributed by atoms with Crippen LogP contribution >= 0.6 is 0 Å². The number of fused-ring (bicyclic) bond motifs is 1. The fourth-order valence-corrected chi connectivity index (χ4v) is 3.74. The van der Waals surface area contributed by atoms with E-state index in [1.54, 1.807) is 31.4 Å². The van der Waals surface area contributed by atoms with Crippen molar-refractivity contribution in [1.82, 2.24) is 10.2 Å². The van der Waals surface area contributed by atoms with Crippen LogP contribution in [0.5, 0.6) is 0 Å². The summed E-state index contributed by atoms with van der Waals surface area (Å²) in [5.41, 5.74) is -0.326. The molecule has 1 aromatic carbocycles. The third-order valence-corrected chi connectivity index (χ3v) is 4.87. The van der Waals surface area contributed by atoms with Crippen molar-refractivity contribution in [2.45, 2.75) is 44.2 Å². The SMILES string of the molecule is COCC(C)NC(=O)C1(N2C(=O)c3ccccc3C2=O)CCCC1. The molecule has 1 atom stereocenters. The lowest BCUT2D eigenvalue weighted by atomic mass is 9.93. The Kier molecular flexibility index (Phi) is 4.41. The number of nitrogens with one attached hydrogen (secondary N) is 1. The van der Waals surface area contributed by atoms with Crippen LogP contribution in [0, 0.1) is 0 Å². The topological polar surface area (TPSA) is 75.7 Å². The largest absolute Gasteiger partial charge is 0.383 e. The van der Waals surface area contributed by atoms with Crippen LogP contribution in [-0.2, 0) is 9.53 Å². The van der Waals surface area contributed by atoms with Crippen LogP contribution < -0.4 is 5.32 Å². The number of methoxy groups -OCH3 is 1. The van der Waals surface area contributed by atoms with Crippen LogP contribution in [0.3, 0.4) is 0 Å². The van der Waals surface area contributed by atoms with Gasteiger partial charge in [-0.05, 0) is 31.9 Å². The minimum atomic E-state index is -1.09. The van der Waals surface area contributed by atoms with E-state index in [2.05, 4.69) is 5.32 Å². The number of amides is 3. The van der Waals surface area contributed by atoms with Crippen LogP contribution in [0.25, 0.3) is 0 Å². The lowest BCUT2D eigenvalue weighted by molar-refractivity contribution is -0.131. The number of carbonyl (C=O) groups excluding carboxylic acids is 3. The summed E-state index contributed by atoms with van der Waals surface area (Å²) in [6.07, 6.45) is 2.65. The molecule has 1 aromatic rings. The Hall–Kier alpha value is -2.21. The molecule has 0 bridgehead atoms.